The molecule has 5 rings (SSSR count). The highest BCUT2D eigenvalue weighted by Crippen LogP contribution is 2.40. The Labute approximate surface area is 308 Å². The normalized spacial score (nSPS) is 14.5. The van der Waals surface area contributed by atoms with Gasteiger partial charge in [-0.3, -0.25) is 0 Å². The van der Waals surface area contributed by atoms with E-state index in [-0.39, 0.29) is 23.3 Å². The van der Waals surface area contributed by atoms with E-state index in [1.54, 1.807) is 0 Å². The van der Waals surface area contributed by atoms with E-state index in [2.05, 4.69) is 163 Å². The summed E-state index contributed by atoms with van der Waals surface area (Å²) < 4.78 is 21.6. The Balaban J connectivity index is 1.59. The summed E-state index contributed by atoms with van der Waals surface area (Å²) in [6.45, 7) is 16.3. The molecule has 0 unspecified atom stereocenters. The van der Waals surface area contributed by atoms with Crippen molar-refractivity contribution in [1.82, 2.24) is 0 Å². The highest BCUT2D eigenvalue weighted by molar-refractivity contribution is 7.00. The largest absolute Gasteiger partial charge is 0.405 e. The van der Waals surface area contributed by atoms with Gasteiger partial charge < -0.3 is 18.7 Å². The topological polar surface area (TPSA) is 47.9 Å². The predicted molar refractivity (Wildman–Crippen MR) is 217 cm³/mol. The van der Waals surface area contributed by atoms with Crippen LogP contribution in [0.4, 0.5) is 0 Å². The zero-order valence-corrected chi connectivity index (χ0v) is 33.5. The minimum Gasteiger partial charge on any atom is -0.405 e. The Morgan fingerprint density at radius 1 is 0.510 bits per heavy atom. The molecule has 0 saturated heterocycles. The molecule has 0 saturated carbocycles. The van der Waals surface area contributed by atoms with Crippen molar-refractivity contribution in [2.45, 2.75) is 83.3 Å². The number of hydrogen-bond donors (Lipinski definition) is 1. The van der Waals surface area contributed by atoms with Gasteiger partial charge in [0.15, 0.2) is 0 Å². The van der Waals surface area contributed by atoms with E-state index in [0.29, 0.717) is 13.0 Å². The quantitative estimate of drug-likeness (QED) is 0.112. The molecule has 1 N–H and O–H groups in total. The summed E-state index contributed by atoms with van der Waals surface area (Å²) in [6.07, 6.45) is -0.253. The molecule has 5 aromatic carbocycles. The molecule has 0 fully saturated rings. The summed E-state index contributed by atoms with van der Waals surface area (Å²) in [4.78, 5) is 0. The van der Waals surface area contributed by atoms with Crippen molar-refractivity contribution in [2.75, 3.05) is 13.2 Å². The van der Waals surface area contributed by atoms with Crippen molar-refractivity contribution in [1.29, 1.82) is 0 Å². The van der Waals surface area contributed by atoms with Crippen LogP contribution in [0, 0.1) is 0 Å². The van der Waals surface area contributed by atoms with Crippen molar-refractivity contribution in [2.24, 2.45) is 0 Å². The maximum atomic E-state index is 12.9. The summed E-state index contributed by atoms with van der Waals surface area (Å²) in [5.74, 6) is 0. The first-order valence-electron chi connectivity index (χ1n) is 18.3. The van der Waals surface area contributed by atoms with Gasteiger partial charge in [-0.05, 0) is 42.8 Å². The number of aliphatic hydroxyl groups is 1. The van der Waals surface area contributed by atoms with Crippen molar-refractivity contribution < 1.29 is 18.7 Å². The maximum absolute atomic E-state index is 12.9. The molecule has 5 aromatic rings. The van der Waals surface area contributed by atoms with Gasteiger partial charge in [-0.1, -0.05) is 200 Å². The monoisotopic (exact) mass is 716 g/mol. The highest BCUT2D eigenvalue weighted by Gasteiger charge is 2.54. The molecule has 0 spiro atoms. The third kappa shape index (κ3) is 8.22. The van der Waals surface area contributed by atoms with E-state index in [9.17, 15) is 5.11 Å². The fraction of sp³-hybridized carbons (Fsp3) is 0.333. The number of hydrogen-bond acceptors (Lipinski definition) is 4. The molecule has 0 bridgehead atoms. The van der Waals surface area contributed by atoms with Crippen LogP contribution in [0.5, 0.6) is 0 Å². The van der Waals surface area contributed by atoms with Crippen LogP contribution in [0.25, 0.3) is 0 Å². The Morgan fingerprint density at radius 3 is 1.18 bits per heavy atom. The van der Waals surface area contributed by atoms with Crippen molar-refractivity contribution >= 4 is 37.4 Å². The summed E-state index contributed by atoms with van der Waals surface area (Å²) >= 11 is 0. The third-order valence-corrected chi connectivity index (χ3v) is 20.3. The number of ether oxygens (including phenoxy) is 1. The maximum Gasteiger partial charge on any atom is 0.261 e. The van der Waals surface area contributed by atoms with E-state index in [0.717, 1.165) is 5.56 Å². The second-order valence-corrected chi connectivity index (χ2v) is 24.3. The molecule has 0 aliphatic rings. The zero-order valence-electron chi connectivity index (χ0n) is 31.5. The van der Waals surface area contributed by atoms with Crippen LogP contribution in [0.15, 0.2) is 152 Å². The van der Waals surface area contributed by atoms with Crippen LogP contribution in [-0.4, -0.2) is 46.7 Å². The van der Waals surface area contributed by atoms with E-state index in [1.807, 2.05) is 37.3 Å². The van der Waals surface area contributed by atoms with Gasteiger partial charge >= 0.3 is 0 Å². The first-order chi connectivity index (χ1) is 24.4. The molecule has 0 amide bonds. The average molecular weight is 717 g/mol. The Bertz CT molecular complexity index is 1680. The Morgan fingerprint density at radius 2 is 0.843 bits per heavy atom. The van der Waals surface area contributed by atoms with Gasteiger partial charge in [0, 0.05) is 0 Å². The van der Waals surface area contributed by atoms with Crippen LogP contribution in [0.2, 0.25) is 10.1 Å². The first-order valence-corrected chi connectivity index (χ1v) is 22.1. The van der Waals surface area contributed by atoms with Crippen LogP contribution in [0.1, 0.15) is 60.5 Å². The van der Waals surface area contributed by atoms with E-state index >= 15 is 0 Å². The van der Waals surface area contributed by atoms with Crippen LogP contribution < -0.4 is 20.7 Å². The first kappa shape index (κ1) is 38.6. The minimum atomic E-state index is -2.95. The Kier molecular flexibility index (Phi) is 12.4. The number of benzene rings is 5. The highest BCUT2D eigenvalue weighted by atomic mass is 28.4. The van der Waals surface area contributed by atoms with E-state index < -0.39 is 28.3 Å². The summed E-state index contributed by atoms with van der Waals surface area (Å²) in [7, 11) is -5.88. The van der Waals surface area contributed by atoms with Crippen LogP contribution in [-0.2, 0) is 20.2 Å². The molecule has 2 atom stereocenters. The lowest BCUT2D eigenvalue weighted by molar-refractivity contribution is -0.148. The minimum absolute atomic E-state index is 0.0976. The lowest BCUT2D eigenvalue weighted by Gasteiger charge is -2.47. The lowest BCUT2D eigenvalue weighted by atomic mass is 9.95. The predicted octanol–water partition coefficient (Wildman–Crippen LogP) is 7.87. The van der Waals surface area contributed by atoms with Gasteiger partial charge in [-0.15, -0.1) is 0 Å². The number of rotatable bonds is 15. The van der Waals surface area contributed by atoms with Crippen LogP contribution in [0.3, 0.4) is 0 Å². The van der Waals surface area contributed by atoms with Gasteiger partial charge in [0.05, 0.1) is 19.8 Å². The van der Waals surface area contributed by atoms with E-state index in [1.165, 1.54) is 20.7 Å². The Hall–Kier alpha value is -3.63. The van der Waals surface area contributed by atoms with Gasteiger partial charge in [0.2, 0.25) is 0 Å². The van der Waals surface area contributed by atoms with Crippen molar-refractivity contribution in [3.8, 4) is 0 Å². The molecule has 0 radical (unpaired) electrons. The molecule has 268 valence electrons. The molecule has 4 nitrogen and oxygen atoms in total. The van der Waals surface area contributed by atoms with E-state index in [4.69, 9.17) is 13.6 Å². The SMILES string of the molecule is CC[C@@](O)(CO[Si](c1ccccc1)(c1ccccc1)C(C)(C)C)[C@H](CO[Si](c1ccccc1)(c1ccccc1)C(C)(C)C)OCc1ccccc1. The molecular weight excluding hydrogens is 661 g/mol. The van der Waals surface area contributed by atoms with Gasteiger partial charge in [-0.2, -0.15) is 0 Å². The molecule has 51 heavy (non-hydrogen) atoms. The zero-order chi connectivity index (χ0) is 36.6. The summed E-state index contributed by atoms with van der Waals surface area (Å²) in [5, 5.41) is 17.2. The van der Waals surface area contributed by atoms with Crippen LogP contribution >= 0.6 is 0 Å². The lowest BCUT2D eigenvalue weighted by Crippen LogP contribution is -2.69. The second-order valence-electron chi connectivity index (χ2n) is 15.7. The summed E-state index contributed by atoms with van der Waals surface area (Å²) in [5.41, 5.74) is -0.313. The van der Waals surface area contributed by atoms with Gasteiger partial charge in [0.25, 0.3) is 16.6 Å². The average Bonchev–Trinajstić information content (AvgIpc) is 3.14. The third-order valence-electron chi connectivity index (χ3n) is 10.3. The van der Waals surface area contributed by atoms with Crippen molar-refractivity contribution in [3.05, 3.63) is 157 Å². The fourth-order valence-corrected chi connectivity index (χ4v) is 16.7. The molecule has 6 heteroatoms. The second kappa shape index (κ2) is 16.4. The molecule has 0 heterocycles. The molecular formula is C45H56O4Si2. The molecule has 0 aromatic heterocycles. The molecule has 0 aliphatic carbocycles. The van der Waals surface area contributed by atoms with Crippen molar-refractivity contribution in [3.63, 3.8) is 0 Å². The summed E-state index contributed by atoms with van der Waals surface area (Å²) in [6, 6.07) is 52.6. The fourth-order valence-electron chi connectivity index (χ4n) is 7.51. The van der Waals surface area contributed by atoms with Gasteiger partial charge in [-0.25, -0.2) is 0 Å². The van der Waals surface area contributed by atoms with Gasteiger partial charge in [0.1, 0.15) is 11.7 Å². The molecule has 0 aliphatic heterocycles. The smallest absolute Gasteiger partial charge is 0.261 e. The standard InChI is InChI=1S/C45H56O4Si2/c1-8-45(46,36-49-51(44(5,6)7,40-30-20-12-21-31-40)41-32-22-13-23-33-41)42(47-34-37-24-14-9-15-25-37)35-48-50(43(2,3)4,38-26-16-10-17-27-38)39-28-18-11-19-29-39/h9-33,42,46H,8,34-36H2,1-7H3/t42-,45+/m0/s1.